The van der Waals surface area contributed by atoms with Crippen LogP contribution in [0.4, 0.5) is 10.5 Å². The van der Waals surface area contributed by atoms with Crippen molar-refractivity contribution in [1.82, 2.24) is 5.32 Å². The highest BCUT2D eigenvalue weighted by Crippen LogP contribution is 2.20. The summed E-state index contributed by atoms with van der Waals surface area (Å²) in [6, 6.07) is 13.5. The number of methoxy groups -OCH3 is 1. The zero-order valence-corrected chi connectivity index (χ0v) is 13.8. The Morgan fingerprint density at radius 2 is 2.04 bits per heavy atom. The highest BCUT2D eigenvalue weighted by atomic mass is 35.5. The lowest BCUT2D eigenvalue weighted by atomic mass is 10.2. The van der Waals surface area contributed by atoms with Crippen molar-refractivity contribution in [1.29, 1.82) is 5.26 Å². The third kappa shape index (κ3) is 5.07. The highest BCUT2D eigenvalue weighted by Gasteiger charge is 2.05. The number of carbonyl (C=O) groups is 1. The molecule has 2 aromatic rings. The van der Waals surface area contributed by atoms with E-state index in [9.17, 15) is 4.79 Å². The standard InChI is InChI=1S/C17H16ClN3O3/c1-23-14-3-2-4-15(10-14)24-8-7-20-17(22)21-13-6-5-12(11-19)16(18)9-13/h2-6,9-10H,7-8H2,1H3,(H2,20,21,22). The molecule has 0 heterocycles. The van der Waals surface area contributed by atoms with Gasteiger partial charge in [0.2, 0.25) is 0 Å². The lowest BCUT2D eigenvalue weighted by Crippen LogP contribution is -2.32. The summed E-state index contributed by atoms with van der Waals surface area (Å²) in [6.07, 6.45) is 0. The number of hydrogen-bond acceptors (Lipinski definition) is 4. The first-order valence-corrected chi connectivity index (χ1v) is 7.51. The minimum Gasteiger partial charge on any atom is -0.497 e. The predicted molar refractivity (Wildman–Crippen MR) is 91.7 cm³/mol. The number of carbonyl (C=O) groups excluding carboxylic acids is 1. The molecule has 0 aliphatic carbocycles. The zero-order chi connectivity index (χ0) is 17.4. The lowest BCUT2D eigenvalue weighted by molar-refractivity contribution is 0.247. The van der Waals surface area contributed by atoms with Crippen molar-refractivity contribution in [3.05, 3.63) is 53.1 Å². The normalized spacial score (nSPS) is 9.71. The van der Waals surface area contributed by atoms with Gasteiger partial charge in [0.25, 0.3) is 0 Å². The number of urea groups is 1. The molecule has 2 N–H and O–H groups in total. The maximum absolute atomic E-state index is 11.8. The van der Waals surface area contributed by atoms with Gasteiger partial charge in [0.15, 0.2) is 0 Å². The molecule has 6 nitrogen and oxygen atoms in total. The molecule has 2 rings (SSSR count). The van der Waals surface area contributed by atoms with Crippen LogP contribution >= 0.6 is 11.6 Å². The van der Waals surface area contributed by atoms with Crippen molar-refractivity contribution in [2.45, 2.75) is 0 Å². The van der Waals surface area contributed by atoms with Crippen LogP contribution in [0.3, 0.4) is 0 Å². The Morgan fingerprint density at radius 1 is 1.25 bits per heavy atom. The van der Waals surface area contributed by atoms with E-state index in [2.05, 4.69) is 10.6 Å². The third-order valence-corrected chi connectivity index (χ3v) is 3.36. The zero-order valence-electron chi connectivity index (χ0n) is 13.0. The number of benzene rings is 2. The van der Waals surface area contributed by atoms with Crippen molar-refractivity contribution in [2.75, 3.05) is 25.6 Å². The fraction of sp³-hybridized carbons (Fsp3) is 0.176. The maximum Gasteiger partial charge on any atom is 0.319 e. The number of rotatable bonds is 6. The molecule has 0 atom stereocenters. The topological polar surface area (TPSA) is 83.4 Å². The second-order valence-electron chi connectivity index (χ2n) is 4.71. The molecule has 0 saturated carbocycles. The molecule has 7 heteroatoms. The Morgan fingerprint density at radius 3 is 2.75 bits per heavy atom. The highest BCUT2D eigenvalue weighted by molar-refractivity contribution is 6.32. The van der Waals surface area contributed by atoms with E-state index in [-0.39, 0.29) is 11.1 Å². The van der Waals surface area contributed by atoms with Crippen LogP contribution in [0.15, 0.2) is 42.5 Å². The van der Waals surface area contributed by atoms with E-state index in [1.165, 1.54) is 6.07 Å². The SMILES string of the molecule is COc1cccc(OCCNC(=O)Nc2ccc(C#N)c(Cl)c2)c1. The van der Waals surface area contributed by atoms with Gasteiger partial charge in [-0.15, -0.1) is 0 Å². The number of amides is 2. The summed E-state index contributed by atoms with van der Waals surface area (Å²) in [6.45, 7) is 0.641. The van der Waals surface area contributed by atoms with Gasteiger partial charge in [-0.1, -0.05) is 17.7 Å². The van der Waals surface area contributed by atoms with Gasteiger partial charge in [0, 0.05) is 11.8 Å². The average Bonchev–Trinajstić information content (AvgIpc) is 2.59. The van der Waals surface area contributed by atoms with Gasteiger partial charge < -0.3 is 20.1 Å². The number of nitrogens with zero attached hydrogens (tertiary/aromatic N) is 1. The van der Waals surface area contributed by atoms with Crippen LogP contribution in [0.5, 0.6) is 11.5 Å². The summed E-state index contributed by atoms with van der Waals surface area (Å²) >= 11 is 5.91. The van der Waals surface area contributed by atoms with E-state index in [4.69, 9.17) is 26.3 Å². The van der Waals surface area contributed by atoms with Crippen LogP contribution < -0.4 is 20.1 Å². The van der Waals surface area contributed by atoms with Crippen molar-refractivity contribution in [2.24, 2.45) is 0 Å². The Bertz CT molecular complexity index is 759. The molecule has 2 amide bonds. The van der Waals surface area contributed by atoms with Crippen LogP contribution in [0.1, 0.15) is 5.56 Å². The molecule has 24 heavy (non-hydrogen) atoms. The molecular weight excluding hydrogens is 330 g/mol. The van der Waals surface area contributed by atoms with Crippen molar-refractivity contribution >= 4 is 23.3 Å². The molecule has 0 unspecified atom stereocenters. The van der Waals surface area contributed by atoms with Gasteiger partial charge in [-0.2, -0.15) is 5.26 Å². The first kappa shape index (κ1) is 17.4. The van der Waals surface area contributed by atoms with Crippen LogP contribution in [-0.2, 0) is 0 Å². The number of halogens is 1. The van der Waals surface area contributed by atoms with E-state index in [0.717, 1.165) is 0 Å². The molecule has 0 bridgehead atoms. The molecule has 124 valence electrons. The first-order chi connectivity index (χ1) is 11.6. The van der Waals surface area contributed by atoms with E-state index in [1.807, 2.05) is 18.2 Å². The van der Waals surface area contributed by atoms with Crippen LogP contribution in [0.2, 0.25) is 5.02 Å². The average molecular weight is 346 g/mol. The Kier molecular flexibility index (Phi) is 6.29. The molecule has 0 aliphatic rings. The summed E-state index contributed by atoms with van der Waals surface area (Å²) in [5.74, 6) is 1.37. The summed E-state index contributed by atoms with van der Waals surface area (Å²) < 4.78 is 10.6. The maximum atomic E-state index is 11.8. The fourth-order valence-electron chi connectivity index (χ4n) is 1.88. The van der Waals surface area contributed by atoms with E-state index in [1.54, 1.807) is 31.4 Å². The summed E-state index contributed by atoms with van der Waals surface area (Å²) in [5, 5.41) is 14.4. The molecule has 0 spiro atoms. The van der Waals surface area contributed by atoms with E-state index >= 15 is 0 Å². The molecule has 0 saturated heterocycles. The molecule has 0 aromatic heterocycles. The second kappa shape index (κ2) is 8.65. The first-order valence-electron chi connectivity index (χ1n) is 7.13. The fourth-order valence-corrected chi connectivity index (χ4v) is 2.11. The number of nitrogens with one attached hydrogen (secondary N) is 2. The molecule has 0 radical (unpaired) electrons. The molecule has 0 aliphatic heterocycles. The van der Waals surface area contributed by atoms with Gasteiger partial charge in [-0.05, 0) is 30.3 Å². The monoisotopic (exact) mass is 345 g/mol. The Hall–Kier alpha value is -2.91. The Balaban J connectivity index is 1.75. The van der Waals surface area contributed by atoms with Crippen LogP contribution in [0.25, 0.3) is 0 Å². The largest absolute Gasteiger partial charge is 0.497 e. The lowest BCUT2D eigenvalue weighted by Gasteiger charge is -2.10. The quantitative estimate of drug-likeness (QED) is 0.786. The number of hydrogen-bond donors (Lipinski definition) is 2. The summed E-state index contributed by atoms with van der Waals surface area (Å²) in [7, 11) is 1.58. The smallest absolute Gasteiger partial charge is 0.319 e. The van der Waals surface area contributed by atoms with E-state index in [0.29, 0.717) is 35.9 Å². The van der Waals surface area contributed by atoms with Gasteiger partial charge in [0.1, 0.15) is 24.2 Å². The summed E-state index contributed by atoms with van der Waals surface area (Å²) in [5.41, 5.74) is 0.861. The number of ether oxygens (including phenoxy) is 2. The van der Waals surface area contributed by atoms with Crippen molar-refractivity contribution < 1.29 is 14.3 Å². The van der Waals surface area contributed by atoms with Crippen molar-refractivity contribution in [3.8, 4) is 17.6 Å². The molecular formula is C17H16ClN3O3. The van der Waals surface area contributed by atoms with E-state index < -0.39 is 0 Å². The number of nitriles is 1. The van der Waals surface area contributed by atoms with Gasteiger partial charge in [-0.3, -0.25) is 0 Å². The third-order valence-electron chi connectivity index (χ3n) is 3.04. The molecule has 2 aromatic carbocycles. The minimum absolute atomic E-state index is 0.289. The van der Waals surface area contributed by atoms with Gasteiger partial charge in [-0.25, -0.2) is 4.79 Å². The number of anilines is 1. The van der Waals surface area contributed by atoms with Crippen LogP contribution in [0, 0.1) is 11.3 Å². The van der Waals surface area contributed by atoms with Crippen LogP contribution in [-0.4, -0.2) is 26.3 Å². The minimum atomic E-state index is -0.384. The molecule has 0 fully saturated rings. The van der Waals surface area contributed by atoms with Crippen molar-refractivity contribution in [3.63, 3.8) is 0 Å². The van der Waals surface area contributed by atoms with Gasteiger partial charge in [0.05, 0.1) is 24.2 Å². The second-order valence-corrected chi connectivity index (χ2v) is 5.12. The van der Waals surface area contributed by atoms with Gasteiger partial charge >= 0.3 is 6.03 Å². The predicted octanol–water partition coefficient (Wildman–Crippen LogP) is 3.42. The Labute approximate surface area is 144 Å². The summed E-state index contributed by atoms with van der Waals surface area (Å²) in [4.78, 5) is 11.8.